The van der Waals surface area contributed by atoms with Gasteiger partial charge in [-0.3, -0.25) is 9.67 Å². The minimum Gasteiger partial charge on any atom is -0.373 e. The minimum atomic E-state index is 0.0507. The van der Waals surface area contributed by atoms with Crippen LogP contribution in [0.15, 0.2) is 23.2 Å². The van der Waals surface area contributed by atoms with Gasteiger partial charge in [-0.1, -0.05) is 12.1 Å². The first-order valence-corrected chi connectivity index (χ1v) is 10.3. The van der Waals surface area contributed by atoms with Crippen molar-refractivity contribution in [1.82, 2.24) is 9.78 Å². The average molecular weight is 382 g/mol. The predicted molar refractivity (Wildman–Crippen MR) is 113 cm³/mol. The van der Waals surface area contributed by atoms with E-state index in [0.717, 1.165) is 37.3 Å². The SMILES string of the molecule is Cc1nn(C)c(C)c1[C@@H]1OCC[C@H]1CN=C(N)Nc1cccc2c1CCCC2. The Morgan fingerprint density at radius 2 is 2.14 bits per heavy atom. The molecule has 2 aromatic rings. The average Bonchev–Trinajstić information content (AvgIpc) is 3.24. The lowest BCUT2D eigenvalue weighted by Crippen LogP contribution is -2.25. The number of hydrogen-bond donors (Lipinski definition) is 2. The van der Waals surface area contributed by atoms with E-state index >= 15 is 0 Å². The van der Waals surface area contributed by atoms with Crippen molar-refractivity contribution in [2.24, 2.45) is 23.7 Å². The fourth-order valence-corrected chi connectivity index (χ4v) is 4.63. The van der Waals surface area contributed by atoms with Gasteiger partial charge in [0.2, 0.25) is 0 Å². The molecule has 6 heteroatoms. The van der Waals surface area contributed by atoms with Crippen LogP contribution in [0.4, 0.5) is 5.69 Å². The summed E-state index contributed by atoms with van der Waals surface area (Å²) in [6.07, 6.45) is 5.84. The third-order valence-electron chi connectivity index (χ3n) is 6.22. The number of hydrogen-bond acceptors (Lipinski definition) is 3. The fraction of sp³-hybridized carbons (Fsp3) is 0.545. The van der Waals surface area contributed by atoms with Gasteiger partial charge in [-0.05, 0) is 63.1 Å². The van der Waals surface area contributed by atoms with Crippen molar-refractivity contribution < 1.29 is 4.74 Å². The van der Waals surface area contributed by atoms with Crippen molar-refractivity contribution in [2.45, 2.75) is 52.1 Å². The molecule has 0 saturated carbocycles. The molecule has 1 aliphatic carbocycles. The molecule has 150 valence electrons. The van der Waals surface area contributed by atoms with E-state index in [1.807, 2.05) is 11.7 Å². The predicted octanol–water partition coefficient (Wildman–Crippen LogP) is 3.42. The number of nitrogens with one attached hydrogen (secondary N) is 1. The summed E-state index contributed by atoms with van der Waals surface area (Å²) < 4.78 is 8.00. The second kappa shape index (κ2) is 7.95. The highest BCUT2D eigenvalue weighted by Gasteiger charge is 2.33. The molecule has 4 rings (SSSR count). The highest BCUT2D eigenvalue weighted by atomic mass is 16.5. The van der Waals surface area contributed by atoms with E-state index in [2.05, 4.69) is 47.5 Å². The first kappa shape index (κ1) is 19.0. The number of benzene rings is 1. The Morgan fingerprint density at radius 3 is 2.93 bits per heavy atom. The third kappa shape index (κ3) is 3.65. The summed E-state index contributed by atoms with van der Waals surface area (Å²) in [4.78, 5) is 4.67. The van der Waals surface area contributed by atoms with E-state index < -0.39 is 0 Å². The maximum absolute atomic E-state index is 6.25. The number of fused-ring (bicyclic) bond motifs is 1. The maximum Gasteiger partial charge on any atom is 0.193 e. The highest BCUT2D eigenvalue weighted by Crippen LogP contribution is 2.37. The first-order chi connectivity index (χ1) is 13.5. The van der Waals surface area contributed by atoms with Crippen LogP contribution in [0, 0.1) is 19.8 Å². The molecule has 1 fully saturated rings. The van der Waals surface area contributed by atoms with Crippen LogP contribution in [0.5, 0.6) is 0 Å². The lowest BCUT2D eigenvalue weighted by atomic mass is 9.90. The lowest BCUT2D eigenvalue weighted by Gasteiger charge is -2.20. The zero-order valence-corrected chi connectivity index (χ0v) is 17.2. The van der Waals surface area contributed by atoms with Crippen LogP contribution in [-0.4, -0.2) is 28.9 Å². The standard InChI is InChI=1S/C22H31N5O/c1-14-20(15(2)27(3)26-14)21-17(11-12-28-21)13-24-22(23)25-19-10-6-8-16-7-4-5-9-18(16)19/h6,8,10,17,21H,4-5,7,9,11-13H2,1-3H3,(H3,23,24,25)/t17-,21+/m0/s1. The van der Waals surface area contributed by atoms with Gasteiger partial charge < -0.3 is 15.8 Å². The van der Waals surface area contributed by atoms with E-state index in [1.54, 1.807) is 0 Å². The molecule has 0 amide bonds. The molecule has 0 unspecified atom stereocenters. The number of nitrogens with zero attached hydrogens (tertiary/aromatic N) is 3. The molecular formula is C22H31N5O. The summed E-state index contributed by atoms with van der Waals surface area (Å²) in [5.41, 5.74) is 13.6. The van der Waals surface area contributed by atoms with Crippen molar-refractivity contribution in [1.29, 1.82) is 0 Å². The van der Waals surface area contributed by atoms with Gasteiger partial charge in [-0.15, -0.1) is 0 Å². The van der Waals surface area contributed by atoms with Crippen LogP contribution in [0.2, 0.25) is 0 Å². The van der Waals surface area contributed by atoms with Crippen molar-refractivity contribution in [3.8, 4) is 0 Å². The van der Waals surface area contributed by atoms with Crippen LogP contribution < -0.4 is 11.1 Å². The van der Waals surface area contributed by atoms with Gasteiger partial charge in [0.15, 0.2) is 5.96 Å². The number of anilines is 1. The molecule has 1 saturated heterocycles. The molecule has 1 aromatic carbocycles. The molecule has 0 bridgehead atoms. The van der Waals surface area contributed by atoms with Gasteiger partial charge in [0.05, 0.1) is 11.8 Å². The van der Waals surface area contributed by atoms with Crippen LogP contribution >= 0.6 is 0 Å². The molecule has 0 radical (unpaired) electrons. The van der Waals surface area contributed by atoms with E-state index in [-0.39, 0.29) is 6.10 Å². The molecular weight excluding hydrogens is 350 g/mol. The van der Waals surface area contributed by atoms with E-state index in [4.69, 9.17) is 10.5 Å². The fourth-order valence-electron chi connectivity index (χ4n) is 4.63. The number of aromatic nitrogens is 2. The van der Waals surface area contributed by atoms with Crippen LogP contribution in [0.1, 0.15) is 53.4 Å². The number of aryl methyl sites for hydroxylation is 3. The zero-order valence-electron chi connectivity index (χ0n) is 17.2. The number of rotatable bonds is 4. The molecule has 2 atom stereocenters. The highest BCUT2D eigenvalue weighted by molar-refractivity contribution is 5.93. The summed E-state index contributed by atoms with van der Waals surface area (Å²) in [7, 11) is 1.98. The first-order valence-electron chi connectivity index (χ1n) is 10.3. The van der Waals surface area contributed by atoms with Crippen molar-refractivity contribution in [3.05, 3.63) is 46.3 Å². The Labute approximate surface area is 167 Å². The Hall–Kier alpha value is -2.34. The topological polar surface area (TPSA) is 77.5 Å². The van der Waals surface area contributed by atoms with Crippen LogP contribution in [-0.2, 0) is 24.6 Å². The largest absolute Gasteiger partial charge is 0.373 e. The van der Waals surface area contributed by atoms with Gasteiger partial charge >= 0.3 is 0 Å². The van der Waals surface area contributed by atoms with Gasteiger partial charge in [0.1, 0.15) is 0 Å². The van der Waals surface area contributed by atoms with Gasteiger partial charge in [-0.25, -0.2) is 0 Å². The molecule has 2 aliphatic rings. The van der Waals surface area contributed by atoms with Crippen molar-refractivity contribution >= 4 is 11.6 Å². The quantitative estimate of drug-likeness (QED) is 0.628. The maximum atomic E-state index is 6.25. The monoisotopic (exact) mass is 381 g/mol. The number of guanidine groups is 1. The second-order valence-corrected chi connectivity index (χ2v) is 8.05. The Morgan fingerprint density at radius 1 is 1.32 bits per heavy atom. The molecule has 1 aromatic heterocycles. The van der Waals surface area contributed by atoms with Crippen LogP contribution in [0.3, 0.4) is 0 Å². The summed E-state index contributed by atoms with van der Waals surface area (Å²) in [6.45, 7) is 5.58. The Balaban J connectivity index is 1.46. The lowest BCUT2D eigenvalue weighted by molar-refractivity contribution is 0.0915. The zero-order chi connectivity index (χ0) is 19.7. The molecule has 2 heterocycles. The third-order valence-corrected chi connectivity index (χ3v) is 6.22. The van der Waals surface area contributed by atoms with E-state index in [0.29, 0.717) is 18.4 Å². The Kier molecular flexibility index (Phi) is 5.40. The van der Waals surface area contributed by atoms with E-state index in [9.17, 15) is 0 Å². The number of ether oxygens (including phenoxy) is 1. The molecule has 28 heavy (non-hydrogen) atoms. The summed E-state index contributed by atoms with van der Waals surface area (Å²) in [5.74, 6) is 0.816. The summed E-state index contributed by atoms with van der Waals surface area (Å²) in [5, 5.41) is 7.89. The minimum absolute atomic E-state index is 0.0507. The normalized spacial score (nSPS) is 22.3. The van der Waals surface area contributed by atoms with Crippen molar-refractivity contribution in [3.63, 3.8) is 0 Å². The molecule has 6 nitrogen and oxygen atoms in total. The molecule has 3 N–H and O–H groups in total. The smallest absolute Gasteiger partial charge is 0.193 e. The van der Waals surface area contributed by atoms with Crippen molar-refractivity contribution in [2.75, 3.05) is 18.5 Å². The van der Waals surface area contributed by atoms with Gasteiger partial charge in [0, 0.05) is 43.1 Å². The van der Waals surface area contributed by atoms with Crippen LogP contribution in [0.25, 0.3) is 0 Å². The summed E-state index contributed by atoms with van der Waals surface area (Å²) in [6, 6.07) is 6.44. The van der Waals surface area contributed by atoms with E-state index in [1.165, 1.54) is 35.2 Å². The van der Waals surface area contributed by atoms with Gasteiger partial charge in [-0.2, -0.15) is 5.10 Å². The number of nitrogens with two attached hydrogens (primary N) is 1. The van der Waals surface area contributed by atoms with Gasteiger partial charge in [0.25, 0.3) is 0 Å². The molecule has 1 aliphatic heterocycles. The number of aliphatic imine (C=N–C) groups is 1. The Bertz CT molecular complexity index is 885. The molecule has 0 spiro atoms. The second-order valence-electron chi connectivity index (χ2n) is 8.05. The summed E-state index contributed by atoms with van der Waals surface area (Å²) >= 11 is 0.